The van der Waals surface area contributed by atoms with E-state index in [-0.39, 0.29) is 12.4 Å². The number of nitrogens with one attached hydrogen (secondary N) is 2. The molecule has 2 N–H and O–H groups in total. The number of carbonyl (C=O) groups is 1. The van der Waals surface area contributed by atoms with Gasteiger partial charge in [0, 0.05) is 30.9 Å². The molecule has 2 aliphatic rings. The second kappa shape index (κ2) is 7.75. The molecule has 0 spiro atoms. The number of carbonyl (C=O) groups excluding carboxylic acids is 1. The van der Waals surface area contributed by atoms with Gasteiger partial charge in [-0.15, -0.1) is 12.4 Å². The van der Waals surface area contributed by atoms with E-state index in [0.29, 0.717) is 17.6 Å². The number of alkyl halides is 3. The third-order valence-corrected chi connectivity index (χ3v) is 5.09. The molecular formula is C19H22ClF3N4O. The highest BCUT2D eigenvalue weighted by Crippen LogP contribution is 2.42. The molecule has 2 aliphatic carbocycles. The first-order valence-electron chi connectivity index (χ1n) is 9.07. The van der Waals surface area contributed by atoms with Crippen LogP contribution in [0.3, 0.4) is 0 Å². The fourth-order valence-corrected chi connectivity index (χ4v) is 3.31. The number of nitrogens with zero attached hydrogens (tertiary/aromatic N) is 2. The van der Waals surface area contributed by atoms with Crippen molar-refractivity contribution in [2.24, 2.45) is 13.0 Å². The third-order valence-electron chi connectivity index (χ3n) is 5.09. The summed E-state index contributed by atoms with van der Waals surface area (Å²) < 4.78 is 40.0. The Hall–Kier alpha value is -2.06. The molecule has 1 heterocycles. The van der Waals surface area contributed by atoms with Crippen molar-refractivity contribution < 1.29 is 18.0 Å². The van der Waals surface area contributed by atoms with Gasteiger partial charge in [0.25, 0.3) is 5.91 Å². The van der Waals surface area contributed by atoms with Crippen LogP contribution < -0.4 is 10.6 Å². The van der Waals surface area contributed by atoms with Gasteiger partial charge in [0.15, 0.2) is 5.69 Å². The number of rotatable bonds is 6. The maximum atomic E-state index is 13.0. The van der Waals surface area contributed by atoms with Gasteiger partial charge in [-0.1, -0.05) is 12.1 Å². The molecule has 2 saturated carbocycles. The third kappa shape index (κ3) is 4.67. The number of benzene rings is 1. The summed E-state index contributed by atoms with van der Waals surface area (Å²) in [5, 5.41) is 9.45. The van der Waals surface area contributed by atoms with Crippen LogP contribution in [0.15, 0.2) is 30.5 Å². The summed E-state index contributed by atoms with van der Waals surface area (Å²) >= 11 is 0. The summed E-state index contributed by atoms with van der Waals surface area (Å²) in [5.74, 6) is 0.500. The lowest BCUT2D eigenvalue weighted by atomic mass is 10.1. The maximum absolute atomic E-state index is 13.0. The minimum Gasteiger partial charge on any atom is -0.322 e. The number of anilines is 1. The quantitative estimate of drug-likeness (QED) is 0.752. The van der Waals surface area contributed by atoms with Crippen LogP contribution in [-0.2, 0) is 13.2 Å². The van der Waals surface area contributed by atoms with E-state index in [9.17, 15) is 18.0 Å². The van der Waals surface area contributed by atoms with E-state index in [1.54, 1.807) is 12.1 Å². The first-order chi connectivity index (χ1) is 12.8. The topological polar surface area (TPSA) is 59.0 Å². The van der Waals surface area contributed by atoms with Crippen LogP contribution in [0.1, 0.15) is 46.8 Å². The van der Waals surface area contributed by atoms with Crippen LogP contribution in [0.25, 0.3) is 0 Å². The smallest absolute Gasteiger partial charge is 0.322 e. The van der Waals surface area contributed by atoms with Crippen LogP contribution in [0, 0.1) is 5.92 Å². The van der Waals surface area contributed by atoms with Gasteiger partial charge in [0.2, 0.25) is 0 Å². The van der Waals surface area contributed by atoms with Crippen molar-refractivity contribution in [3.05, 3.63) is 47.3 Å². The fourth-order valence-electron chi connectivity index (χ4n) is 3.31. The number of aromatic nitrogens is 2. The highest BCUT2D eigenvalue weighted by atomic mass is 35.5. The molecule has 1 aromatic heterocycles. The molecule has 9 heteroatoms. The zero-order valence-electron chi connectivity index (χ0n) is 15.3. The Morgan fingerprint density at radius 3 is 2.54 bits per heavy atom. The Morgan fingerprint density at radius 1 is 1.25 bits per heavy atom. The first-order valence-corrected chi connectivity index (χ1v) is 9.07. The largest absolute Gasteiger partial charge is 0.435 e. The minimum atomic E-state index is -4.67. The van der Waals surface area contributed by atoms with E-state index in [1.165, 1.54) is 25.5 Å². The van der Waals surface area contributed by atoms with Gasteiger partial charge in [-0.05, 0) is 49.4 Å². The molecule has 0 radical (unpaired) electrons. The molecule has 0 aliphatic heterocycles. The Kier molecular flexibility index (Phi) is 5.72. The van der Waals surface area contributed by atoms with E-state index in [4.69, 9.17) is 0 Å². The predicted molar refractivity (Wildman–Crippen MR) is 102 cm³/mol. The molecule has 4 rings (SSSR count). The molecule has 152 valence electrons. The van der Waals surface area contributed by atoms with Crippen LogP contribution in [0.4, 0.5) is 18.9 Å². The zero-order chi connectivity index (χ0) is 19.2. The first kappa shape index (κ1) is 20.7. The number of halogens is 4. The molecule has 0 unspecified atom stereocenters. The summed E-state index contributed by atoms with van der Waals surface area (Å²) in [4.78, 5) is 12.3. The van der Waals surface area contributed by atoms with Crippen molar-refractivity contribution in [3.8, 4) is 0 Å². The van der Waals surface area contributed by atoms with Crippen molar-refractivity contribution in [2.75, 3.05) is 11.9 Å². The van der Waals surface area contributed by atoms with Crippen LogP contribution >= 0.6 is 12.4 Å². The summed E-state index contributed by atoms with van der Waals surface area (Å²) in [6.45, 7) is 1.09. The van der Waals surface area contributed by atoms with Crippen LogP contribution in [-0.4, -0.2) is 28.3 Å². The molecule has 2 atom stereocenters. The molecule has 2 fully saturated rings. The van der Waals surface area contributed by atoms with Gasteiger partial charge < -0.3 is 10.6 Å². The van der Waals surface area contributed by atoms with E-state index in [0.717, 1.165) is 29.8 Å². The van der Waals surface area contributed by atoms with Crippen LogP contribution in [0.2, 0.25) is 0 Å². The number of hydrogen-bond acceptors (Lipinski definition) is 3. The Bertz CT molecular complexity index is 846. The Morgan fingerprint density at radius 2 is 1.93 bits per heavy atom. The lowest BCUT2D eigenvalue weighted by Crippen LogP contribution is -2.20. The average Bonchev–Trinajstić information content (AvgIpc) is 3.51. The Balaban J connectivity index is 0.00000225. The SMILES string of the molecule is Cl.Cn1cc(C(=O)Nc2ccc([C@@H]3C[C@H]3NCC3CC3)cc2)c(C(F)(F)F)n1. The summed E-state index contributed by atoms with van der Waals surface area (Å²) in [7, 11) is 1.35. The standard InChI is InChI=1S/C19H21F3N4O.ClH/c1-26-10-15(17(25-26)19(20,21)22)18(27)24-13-6-4-12(5-7-13)14-8-16(14)23-9-11-2-3-11;/h4-7,10-11,14,16,23H,2-3,8-9H2,1H3,(H,24,27);1H/t14-,16+;/m0./s1. The second-order valence-electron chi connectivity index (χ2n) is 7.44. The number of aryl methyl sites for hydroxylation is 1. The van der Waals surface area contributed by atoms with Gasteiger partial charge in [-0.25, -0.2) is 0 Å². The average molecular weight is 415 g/mol. The van der Waals surface area contributed by atoms with E-state index in [1.807, 2.05) is 12.1 Å². The van der Waals surface area contributed by atoms with E-state index >= 15 is 0 Å². The molecule has 5 nitrogen and oxygen atoms in total. The predicted octanol–water partition coefficient (Wildman–Crippen LogP) is 3.97. The van der Waals surface area contributed by atoms with Crippen molar-refractivity contribution >= 4 is 24.0 Å². The van der Waals surface area contributed by atoms with Crippen molar-refractivity contribution in [1.29, 1.82) is 0 Å². The highest BCUT2D eigenvalue weighted by Gasteiger charge is 2.40. The maximum Gasteiger partial charge on any atom is 0.435 e. The monoisotopic (exact) mass is 414 g/mol. The molecule has 1 aromatic carbocycles. The minimum absolute atomic E-state index is 0. The van der Waals surface area contributed by atoms with Gasteiger partial charge in [-0.3, -0.25) is 9.48 Å². The summed E-state index contributed by atoms with van der Waals surface area (Å²) in [6, 6.07) is 7.82. The second-order valence-corrected chi connectivity index (χ2v) is 7.44. The van der Waals surface area contributed by atoms with E-state index < -0.39 is 23.3 Å². The number of hydrogen-bond donors (Lipinski definition) is 2. The Labute approximate surface area is 167 Å². The molecule has 1 amide bonds. The highest BCUT2D eigenvalue weighted by molar-refractivity contribution is 6.05. The summed E-state index contributed by atoms with van der Waals surface area (Å²) in [6.07, 6.45) is 0.152. The van der Waals surface area contributed by atoms with Gasteiger partial charge in [0.05, 0.1) is 5.56 Å². The van der Waals surface area contributed by atoms with Gasteiger partial charge in [0.1, 0.15) is 0 Å². The normalized spacial score (nSPS) is 21.1. The molecule has 2 aromatic rings. The lowest BCUT2D eigenvalue weighted by molar-refractivity contribution is -0.141. The lowest BCUT2D eigenvalue weighted by Gasteiger charge is -2.08. The zero-order valence-corrected chi connectivity index (χ0v) is 16.1. The molecule has 0 bridgehead atoms. The van der Waals surface area contributed by atoms with Crippen molar-refractivity contribution in [3.63, 3.8) is 0 Å². The van der Waals surface area contributed by atoms with Crippen molar-refractivity contribution in [1.82, 2.24) is 15.1 Å². The van der Waals surface area contributed by atoms with Gasteiger partial charge in [-0.2, -0.15) is 18.3 Å². The summed E-state index contributed by atoms with van der Waals surface area (Å²) in [5.41, 5.74) is -0.0233. The molecule has 0 saturated heterocycles. The van der Waals surface area contributed by atoms with E-state index in [2.05, 4.69) is 15.7 Å². The van der Waals surface area contributed by atoms with Crippen molar-refractivity contribution in [2.45, 2.75) is 37.4 Å². The van der Waals surface area contributed by atoms with Gasteiger partial charge >= 0.3 is 6.18 Å². The van der Waals surface area contributed by atoms with Crippen LogP contribution in [0.5, 0.6) is 0 Å². The molecule has 28 heavy (non-hydrogen) atoms. The fraction of sp³-hybridized carbons (Fsp3) is 0.474. The molecular weight excluding hydrogens is 393 g/mol. The number of amides is 1.